The van der Waals surface area contributed by atoms with Crippen molar-refractivity contribution in [2.24, 2.45) is 0 Å². The Morgan fingerprint density at radius 1 is 1.37 bits per heavy atom. The Morgan fingerprint density at radius 3 is 2.97 bits per heavy atom. The van der Waals surface area contributed by atoms with Crippen LogP contribution in [0.15, 0.2) is 48.7 Å². The number of rotatable bonds is 6. The number of halogens is 1. The number of para-hydroxylation sites is 1. The molecule has 156 valence electrons. The van der Waals surface area contributed by atoms with Crippen LogP contribution in [0.2, 0.25) is 0 Å². The van der Waals surface area contributed by atoms with Crippen LogP contribution in [0.1, 0.15) is 28.9 Å². The highest BCUT2D eigenvalue weighted by Crippen LogP contribution is 2.30. The molecular formula is C23H25FN4O2. The maximum absolute atomic E-state index is 14.3. The molecule has 1 fully saturated rings. The lowest BCUT2D eigenvalue weighted by atomic mass is 10.0. The molecule has 0 radical (unpaired) electrons. The number of benzene rings is 1. The molecule has 7 heteroatoms. The van der Waals surface area contributed by atoms with E-state index in [2.05, 4.69) is 33.9 Å². The summed E-state index contributed by atoms with van der Waals surface area (Å²) >= 11 is 0. The molecule has 0 unspecified atom stereocenters. The summed E-state index contributed by atoms with van der Waals surface area (Å²) in [4.78, 5) is 21.1. The van der Waals surface area contributed by atoms with Gasteiger partial charge in [0.25, 0.3) is 5.91 Å². The van der Waals surface area contributed by atoms with Crippen LogP contribution >= 0.6 is 0 Å². The summed E-state index contributed by atoms with van der Waals surface area (Å²) < 4.78 is 14.3. The van der Waals surface area contributed by atoms with Gasteiger partial charge in [-0.05, 0) is 49.1 Å². The molecule has 1 aliphatic rings. The van der Waals surface area contributed by atoms with E-state index in [0.717, 1.165) is 28.9 Å². The van der Waals surface area contributed by atoms with Gasteiger partial charge in [-0.25, -0.2) is 9.87 Å². The monoisotopic (exact) mass is 408 g/mol. The fourth-order valence-corrected chi connectivity index (χ4v) is 4.21. The van der Waals surface area contributed by atoms with Gasteiger partial charge in [0.1, 0.15) is 6.17 Å². The van der Waals surface area contributed by atoms with Crippen molar-refractivity contribution in [2.45, 2.75) is 38.5 Å². The van der Waals surface area contributed by atoms with E-state index in [1.807, 2.05) is 24.3 Å². The van der Waals surface area contributed by atoms with Gasteiger partial charge in [0.05, 0.1) is 5.69 Å². The number of likely N-dealkylation sites (tertiary alicyclic amines) is 1. The largest absolute Gasteiger partial charge is 0.358 e. The van der Waals surface area contributed by atoms with Gasteiger partial charge >= 0.3 is 0 Å². The predicted molar refractivity (Wildman–Crippen MR) is 114 cm³/mol. The molecule has 3 heterocycles. The molecule has 1 aliphatic heterocycles. The van der Waals surface area contributed by atoms with Crippen molar-refractivity contribution in [3.63, 3.8) is 0 Å². The number of aromatic nitrogens is 2. The van der Waals surface area contributed by atoms with Crippen molar-refractivity contribution in [2.75, 3.05) is 6.54 Å². The van der Waals surface area contributed by atoms with E-state index in [1.54, 1.807) is 17.8 Å². The first-order chi connectivity index (χ1) is 14.5. The molecule has 3 N–H and O–H groups in total. The number of hydroxylamine groups is 1. The van der Waals surface area contributed by atoms with Crippen molar-refractivity contribution in [3.8, 4) is 0 Å². The smallest absolute Gasteiger partial charge is 0.267 e. The molecule has 0 bridgehead atoms. The summed E-state index contributed by atoms with van der Waals surface area (Å²) in [5, 5.41) is 9.73. The number of pyridine rings is 1. The van der Waals surface area contributed by atoms with Crippen molar-refractivity contribution >= 4 is 22.9 Å². The third-order valence-electron chi connectivity index (χ3n) is 5.69. The summed E-state index contributed by atoms with van der Waals surface area (Å²) in [6, 6.07) is 12.1. The third kappa shape index (κ3) is 4.42. The summed E-state index contributed by atoms with van der Waals surface area (Å²) in [7, 11) is 0. The van der Waals surface area contributed by atoms with Gasteiger partial charge in [-0.3, -0.25) is 19.9 Å². The Kier molecular flexibility index (Phi) is 5.92. The number of fused-ring (bicyclic) bond motifs is 1. The van der Waals surface area contributed by atoms with Crippen LogP contribution < -0.4 is 5.48 Å². The predicted octanol–water partition coefficient (Wildman–Crippen LogP) is 3.55. The number of hydrogen-bond donors (Lipinski definition) is 3. The molecule has 4 rings (SSSR count). The van der Waals surface area contributed by atoms with Crippen LogP contribution in [-0.2, 0) is 17.8 Å². The van der Waals surface area contributed by atoms with Gasteiger partial charge in [0.2, 0.25) is 0 Å². The first-order valence-corrected chi connectivity index (χ1v) is 10.0. The molecule has 0 aliphatic carbocycles. The third-order valence-corrected chi connectivity index (χ3v) is 5.69. The van der Waals surface area contributed by atoms with E-state index in [4.69, 9.17) is 5.21 Å². The molecule has 3 aromatic rings. The maximum Gasteiger partial charge on any atom is 0.267 e. The minimum absolute atomic E-state index is 0.118. The molecule has 0 saturated carbocycles. The highest BCUT2D eigenvalue weighted by Gasteiger charge is 2.33. The van der Waals surface area contributed by atoms with Gasteiger partial charge in [0, 0.05) is 48.0 Å². The number of nitrogens with one attached hydrogen (secondary N) is 2. The number of carbonyl (C=O) groups is 1. The normalized spacial score (nSPS) is 19.7. The van der Waals surface area contributed by atoms with Crippen LogP contribution in [0, 0.1) is 6.92 Å². The number of aromatic amines is 1. The Labute approximate surface area is 174 Å². The highest BCUT2D eigenvalue weighted by molar-refractivity contribution is 5.90. The topological polar surface area (TPSA) is 81.2 Å². The lowest BCUT2D eigenvalue weighted by Crippen LogP contribution is -2.31. The van der Waals surface area contributed by atoms with Gasteiger partial charge in [-0.15, -0.1) is 0 Å². The summed E-state index contributed by atoms with van der Waals surface area (Å²) in [5.74, 6) is -0.597. The fraction of sp³-hybridized carbons (Fsp3) is 0.304. The summed E-state index contributed by atoms with van der Waals surface area (Å²) in [5.41, 5.74) is 6.66. The van der Waals surface area contributed by atoms with Crippen LogP contribution in [0.5, 0.6) is 0 Å². The number of amides is 1. The number of H-pyrrole nitrogens is 1. The number of nitrogens with zero attached hydrogens (tertiary/aromatic N) is 2. The number of alkyl halides is 1. The lowest BCUT2D eigenvalue weighted by molar-refractivity contribution is -0.124. The van der Waals surface area contributed by atoms with Crippen LogP contribution in [-0.4, -0.2) is 44.7 Å². The van der Waals surface area contributed by atoms with E-state index >= 15 is 0 Å². The van der Waals surface area contributed by atoms with E-state index in [0.29, 0.717) is 19.5 Å². The van der Waals surface area contributed by atoms with Crippen molar-refractivity contribution in [1.82, 2.24) is 20.3 Å². The average Bonchev–Trinajstić information content (AvgIpc) is 3.26. The molecule has 1 amide bonds. The zero-order valence-corrected chi connectivity index (χ0v) is 16.8. The number of hydrogen-bond acceptors (Lipinski definition) is 4. The Morgan fingerprint density at radius 2 is 2.20 bits per heavy atom. The van der Waals surface area contributed by atoms with Crippen LogP contribution in [0.4, 0.5) is 4.39 Å². The number of aryl methyl sites for hydroxylation is 1. The second-order valence-electron chi connectivity index (χ2n) is 7.79. The molecule has 0 spiro atoms. The average molecular weight is 408 g/mol. The van der Waals surface area contributed by atoms with Gasteiger partial charge in [-0.2, -0.15) is 0 Å². The maximum atomic E-state index is 14.3. The van der Waals surface area contributed by atoms with E-state index in [1.165, 1.54) is 17.0 Å². The van der Waals surface area contributed by atoms with Crippen molar-refractivity contribution < 1.29 is 14.4 Å². The number of carbonyl (C=O) groups excluding carboxylic acids is 1. The summed E-state index contributed by atoms with van der Waals surface area (Å²) in [6.45, 7) is 3.06. The second-order valence-corrected chi connectivity index (χ2v) is 7.79. The molecule has 2 atom stereocenters. The van der Waals surface area contributed by atoms with Gasteiger partial charge in [0.15, 0.2) is 0 Å². The quantitative estimate of drug-likeness (QED) is 0.331. The molecule has 6 nitrogen and oxygen atoms in total. The Balaban J connectivity index is 1.47. The fourth-order valence-electron chi connectivity index (χ4n) is 4.21. The Bertz CT molecular complexity index is 1060. The van der Waals surface area contributed by atoms with Crippen molar-refractivity contribution in [3.05, 3.63) is 71.2 Å². The molecule has 1 saturated heterocycles. The SMILES string of the molecule is Cc1[nH]c2ccccc2c1C[C@H]1C[C@@H](F)CN1Cc1ccc(C=CC(=O)NO)cn1. The minimum Gasteiger partial charge on any atom is -0.358 e. The minimum atomic E-state index is -0.834. The van der Waals surface area contributed by atoms with Crippen LogP contribution in [0.25, 0.3) is 17.0 Å². The molecule has 1 aromatic carbocycles. The highest BCUT2D eigenvalue weighted by atomic mass is 19.1. The first kappa shape index (κ1) is 20.3. The standard InChI is InChI=1S/C23H25FN4O2/c1-15-21(20-4-2-3-5-22(20)26-15)11-19-10-17(24)13-28(19)14-18-8-6-16(12-25-18)7-9-23(29)27-30/h2-9,12,17,19,26,30H,10-11,13-14H2,1H3,(H,27,29)/t17-,19-/m1/s1. The molecule has 2 aromatic heterocycles. The molecular weight excluding hydrogens is 383 g/mol. The first-order valence-electron chi connectivity index (χ1n) is 10.0. The van der Waals surface area contributed by atoms with Crippen LogP contribution in [0.3, 0.4) is 0 Å². The van der Waals surface area contributed by atoms with E-state index < -0.39 is 12.1 Å². The van der Waals surface area contributed by atoms with E-state index in [-0.39, 0.29) is 6.04 Å². The van der Waals surface area contributed by atoms with Gasteiger partial charge in [-0.1, -0.05) is 24.3 Å². The van der Waals surface area contributed by atoms with E-state index in [9.17, 15) is 9.18 Å². The van der Waals surface area contributed by atoms with Crippen molar-refractivity contribution in [1.29, 1.82) is 0 Å². The second kappa shape index (κ2) is 8.77. The van der Waals surface area contributed by atoms with Gasteiger partial charge < -0.3 is 4.98 Å². The Hall–Kier alpha value is -3.03. The molecule has 30 heavy (non-hydrogen) atoms. The summed E-state index contributed by atoms with van der Waals surface area (Å²) in [6.07, 6.45) is 4.95. The lowest BCUT2D eigenvalue weighted by Gasteiger charge is -2.24. The zero-order valence-electron chi connectivity index (χ0n) is 16.8. The zero-order chi connectivity index (χ0) is 21.1.